The Morgan fingerprint density at radius 1 is 1.10 bits per heavy atom. The summed E-state index contributed by atoms with van der Waals surface area (Å²) in [4.78, 5) is 9.21. The minimum atomic E-state index is 0.712. The quantitative estimate of drug-likeness (QED) is 0.936. The van der Waals surface area contributed by atoms with Crippen molar-refractivity contribution in [3.63, 3.8) is 0 Å². The molecule has 1 N–H and O–H groups in total. The van der Waals surface area contributed by atoms with Gasteiger partial charge in [0, 0.05) is 30.6 Å². The highest BCUT2D eigenvalue weighted by atomic mass is 16.5. The summed E-state index contributed by atoms with van der Waals surface area (Å²) in [5, 5.41) is 3.39. The highest BCUT2D eigenvalue weighted by Gasteiger charge is 2.18. The molecule has 0 aliphatic carbocycles. The van der Waals surface area contributed by atoms with E-state index in [0.717, 1.165) is 48.0 Å². The molecule has 2 heterocycles. The molecular weight excluding hydrogens is 266 g/mol. The number of hydrogen-bond acceptors (Lipinski definition) is 5. The van der Waals surface area contributed by atoms with Crippen molar-refractivity contribution in [2.24, 2.45) is 0 Å². The standard InChI is InChI=1S/C16H19N3O2/c1-10-18-13-6-7-17-9-12(13)16(19-10)11-4-5-14(20-2)15(8-11)21-3/h4-5,8,17H,6-7,9H2,1-3H3. The lowest BCUT2D eigenvalue weighted by atomic mass is 10.00. The fourth-order valence-electron chi connectivity index (χ4n) is 2.69. The van der Waals surface area contributed by atoms with Gasteiger partial charge in [-0.25, -0.2) is 9.97 Å². The Labute approximate surface area is 124 Å². The first-order chi connectivity index (χ1) is 10.2. The molecule has 21 heavy (non-hydrogen) atoms. The number of methoxy groups -OCH3 is 2. The van der Waals surface area contributed by atoms with Crippen molar-refractivity contribution >= 4 is 0 Å². The number of nitrogens with one attached hydrogen (secondary N) is 1. The number of benzene rings is 1. The van der Waals surface area contributed by atoms with Gasteiger partial charge < -0.3 is 14.8 Å². The molecule has 0 fully saturated rings. The molecule has 0 spiro atoms. The second-order valence-corrected chi connectivity index (χ2v) is 5.04. The van der Waals surface area contributed by atoms with E-state index in [0.29, 0.717) is 5.75 Å². The van der Waals surface area contributed by atoms with Crippen molar-refractivity contribution in [2.75, 3.05) is 20.8 Å². The molecule has 5 nitrogen and oxygen atoms in total. The SMILES string of the molecule is COc1ccc(-c2nc(C)nc3c2CNCC3)cc1OC. The van der Waals surface area contributed by atoms with Crippen LogP contribution < -0.4 is 14.8 Å². The van der Waals surface area contributed by atoms with E-state index in [1.807, 2.05) is 25.1 Å². The van der Waals surface area contributed by atoms with Crippen molar-refractivity contribution in [1.82, 2.24) is 15.3 Å². The fraction of sp³-hybridized carbons (Fsp3) is 0.375. The number of hydrogen-bond donors (Lipinski definition) is 1. The van der Waals surface area contributed by atoms with E-state index in [4.69, 9.17) is 9.47 Å². The zero-order valence-corrected chi connectivity index (χ0v) is 12.6. The molecule has 1 aromatic heterocycles. The van der Waals surface area contributed by atoms with Crippen molar-refractivity contribution in [3.8, 4) is 22.8 Å². The van der Waals surface area contributed by atoms with Gasteiger partial charge >= 0.3 is 0 Å². The van der Waals surface area contributed by atoms with Gasteiger partial charge in [-0.2, -0.15) is 0 Å². The minimum absolute atomic E-state index is 0.712. The molecule has 0 saturated heterocycles. The number of rotatable bonds is 3. The van der Waals surface area contributed by atoms with Crippen molar-refractivity contribution in [3.05, 3.63) is 35.3 Å². The molecule has 0 radical (unpaired) electrons. The van der Waals surface area contributed by atoms with Crippen molar-refractivity contribution < 1.29 is 9.47 Å². The van der Waals surface area contributed by atoms with Gasteiger partial charge in [0.2, 0.25) is 0 Å². The van der Waals surface area contributed by atoms with Crippen molar-refractivity contribution in [2.45, 2.75) is 19.9 Å². The summed E-state index contributed by atoms with van der Waals surface area (Å²) in [6.45, 7) is 3.71. The van der Waals surface area contributed by atoms with Crippen LogP contribution in [-0.4, -0.2) is 30.7 Å². The zero-order valence-electron chi connectivity index (χ0n) is 12.6. The molecule has 0 unspecified atom stereocenters. The normalized spacial score (nSPS) is 13.7. The van der Waals surface area contributed by atoms with Crippen LogP contribution in [0.25, 0.3) is 11.3 Å². The second-order valence-electron chi connectivity index (χ2n) is 5.04. The predicted octanol–water partition coefficient (Wildman–Crippen LogP) is 2.11. The summed E-state index contributed by atoms with van der Waals surface area (Å²) in [5.74, 6) is 2.24. The third-order valence-corrected chi connectivity index (χ3v) is 3.70. The summed E-state index contributed by atoms with van der Waals surface area (Å²) in [7, 11) is 3.28. The number of nitrogens with zero attached hydrogens (tertiary/aromatic N) is 2. The van der Waals surface area contributed by atoms with Gasteiger partial charge in [-0.15, -0.1) is 0 Å². The maximum Gasteiger partial charge on any atom is 0.161 e. The molecule has 0 bridgehead atoms. The third kappa shape index (κ3) is 2.56. The van der Waals surface area contributed by atoms with Crippen LogP contribution >= 0.6 is 0 Å². The number of aryl methyl sites for hydroxylation is 1. The minimum Gasteiger partial charge on any atom is -0.493 e. The molecule has 5 heteroatoms. The lowest BCUT2D eigenvalue weighted by Crippen LogP contribution is -2.26. The molecule has 0 atom stereocenters. The van der Waals surface area contributed by atoms with Gasteiger partial charge in [0.05, 0.1) is 25.6 Å². The Bertz CT molecular complexity index is 671. The maximum atomic E-state index is 5.39. The first-order valence-electron chi connectivity index (χ1n) is 7.02. The van der Waals surface area contributed by atoms with Crippen LogP contribution in [0, 0.1) is 6.92 Å². The third-order valence-electron chi connectivity index (χ3n) is 3.70. The number of ether oxygens (including phenoxy) is 2. The molecule has 2 aromatic rings. The lowest BCUT2D eigenvalue weighted by Gasteiger charge is -2.20. The second kappa shape index (κ2) is 5.69. The van der Waals surface area contributed by atoms with E-state index >= 15 is 0 Å². The number of aromatic nitrogens is 2. The zero-order chi connectivity index (χ0) is 14.8. The Balaban J connectivity index is 2.14. The summed E-state index contributed by atoms with van der Waals surface area (Å²) in [5.41, 5.74) is 4.33. The topological polar surface area (TPSA) is 56.3 Å². The molecular formula is C16H19N3O2. The molecule has 3 rings (SSSR count). The van der Waals surface area contributed by atoms with Gasteiger partial charge in [0.15, 0.2) is 11.5 Å². The average molecular weight is 285 g/mol. The van der Waals surface area contributed by atoms with Gasteiger partial charge in [0.25, 0.3) is 0 Å². The van der Waals surface area contributed by atoms with Gasteiger partial charge in [-0.3, -0.25) is 0 Å². The average Bonchev–Trinajstić information content (AvgIpc) is 2.53. The van der Waals surface area contributed by atoms with E-state index in [-0.39, 0.29) is 0 Å². The van der Waals surface area contributed by atoms with Gasteiger partial charge in [-0.1, -0.05) is 0 Å². The monoisotopic (exact) mass is 285 g/mol. The van der Waals surface area contributed by atoms with E-state index in [9.17, 15) is 0 Å². The summed E-state index contributed by atoms with van der Waals surface area (Å²) in [6, 6.07) is 5.89. The Morgan fingerprint density at radius 3 is 2.67 bits per heavy atom. The predicted molar refractivity (Wildman–Crippen MR) is 80.7 cm³/mol. The summed E-state index contributed by atoms with van der Waals surface area (Å²) in [6.07, 6.45) is 0.943. The summed E-state index contributed by atoms with van der Waals surface area (Å²) < 4.78 is 10.7. The Morgan fingerprint density at radius 2 is 1.90 bits per heavy atom. The molecule has 110 valence electrons. The first-order valence-corrected chi connectivity index (χ1v) is 7.02. The Kier molecular flexibility index (Phi) is 3.75. The smallest absolute Gasteiger partial charge is 0.161 e. The maximum absolute atomic E-state index is 5.39. The lowest BCUT2D eigenvalue weighted by molar-refractivity contribution is 0.355. The van der Waals surface area contributed by atoms with Gasteiger partial charge in [0.1, 0.15) is 5.82 Å². The Hall–Kier alpha value is -2.14. The van der Waals surface area contributed by atoms with E-state index in [1.54, 1.807) is 14.2 Å². The van der Waals surface area contributed by atoms with Crippen LogP contribution in [0.2, 0.25) is 0 Å². The van der Waals surface area contributed by atoms with E-state index < -0.39 is 0 Å². The van der Waals surface area contributed by atoms with Crippen LogP contribution in [0.1, 0.15) is 17.1 Å². The van der Waals surface area contributed by atoms with Crippen LogP contribution in [-0.2, 0) is 13.0 Å². The molecule has 1 aromatic carbocycles. The first kappa shape index (κ1) is 13.8. The highest BCUT2D eigenvalue weighted by molar-refractivity contribution is 5.68. The van der Waals surface area contributed by atoms with Gasteiger partial charge in [-0.05, 0) is 25.1 Å². The van der Waals surface area contributed by atoms with Crippen LogP contribution in [0.15, 0.2) is 18.2 Å². The largest absolute Gasteiger partial charge is 0.493 e. The fourth-order valence-corrected chi connectivity index (χ4v) is 2.69. The molecule has 0 amide bonds. The molecule has 1 aliphatic rings. The molecule has 0 saturated carbocycles. The highest BCUT2D eigenvalue weighted by Crippen LogP contribution is 2.33. The van der Waals surface area contributed by atoms with Crippen molar-refractivity contribution in [1.29, 1.82) is 0 Å². The molecule has 1 aliphatic heterocycles. The van der Waals surface area contributed by atoms with Crippen LogP contribution in [0.5, 0.6) is 11.5 Å². The van der Waals surface area contributed by atoms with E-state index in [1.165, 1.54) is 5.56 Å². The van der Waals surface area contributed by atoms with Crippen LogP contribution in [0.3, 0.4) is 0 Å². The van der Waals surface area contributed by atoms with E-state index in [2.05, 4.69) is 15.3 Å². The number of fused-ring (bicyclic) bond motifs is 1. The summed E-state index contributed by atoms with van der Waals surface area (Å²) >= 11 is 0. The van der Waals surface area contributed by atoms with Crippen LogP contribution in [0.4, 0.5) is 0 Å².